The molecule has 2 aromatic rings. The van der Waals surface area contributed by atoms with Gasteiger partial charge in [0.15, 0.2) is 0 Å². The molecule has 0 heterocycles. The fourth-order valence-electron chi connectivity index (χ4n) is 1.74. The van der Waals surface area contributed by atoms with Crippen LogP contribution in [0.4, 0.5) is 8.78 Å². The van der Waals surface area contributed by atoms with Crippen LogP contribution in [0.2, 0.25) is 0 Å². The Kier molecular flexibility index (Phi) is 5.51. The van der Waals surface area contributed by atoms with Crippen molar-refractivity contribution in [2.45, 2.75) is 0 Å². The lowest BCUT2D eigenvalue weighted by molar-refractivity contribution is -0.430. The van der Waals surface area contributed by atoms with Crippen LogP contribution in [0.5, 0.6) is 0 Å². The predicted octanol–water partition coefficient (Wildman–Crippen LogP) is 2.20. The number of nitro groups is 1. The SMILES string of the molecule is O=C(NC=C(NC(=O)c1ccc(F)cc1)[N+](=O)[O-])c1ccc(F)cc1. The smallest absolute Gasteiger partial charge is 0.339 e. The molecule has 0 bridgehead atoms. The van der Waals surface area contributed by atoms with E-state index in [1.165, 1.54) is 12.1 Å². The minimum absolute atomic E-state index is 0.000916. The molecular formula is C16H11F2N3O4. The highest BCUT2D eigenvalue weighted by molar-refractivity contribution is 5.96. The van der Waals surface area contributed by atoms with Crippen molar-refractivity contribution in [3.63, 3.8) is 0 Å². The largest absolute Gasteiger partial charge is 0.358 e. The van der Waals surface area contributed by atoms with E-state index in [-0.39, 0.29) is 11.1 Å². The molecule has 0 atom stereocenters. The van der Waals surface area contributed by atoms with Crippen molar-refractivity contribution < 1.29 is 23.3 Å². The maximum atomic E-state index is 12.8. The van der Waals surface area contributed by atoms with Gasteiger partial charge in [-0.05, 0) is 53.5 Å². The molecule has 2 N–H and O–H groups in total. The van der Waals surface area contributed by atoms with E-state index in [2.05, 4.69) is 5.32 Å². The van der Waals surface area contributed by atoms with Crippen molar-refractivity contribution in [3.05, 3.63) is 93.4 Å². The second-order valence-electron chi connectivity index (χ2n) is 4.73. The molecule has 2 rings (SSSR count). The zero-order valence-electron chi connectivity index (χ0n) is 12.5. The van der Waals surface area contributed by atoms with Crippen molar-refractivity contribution in [1.82, 2.24) is 10.6 Å². The Balaban J connectivity index is 2.09. The second-order valence-corrected chi connectivity index (χ2v) is 4.73. The van der Waals surface area contributed by atoms with Crippen molar-refractivity contribution in [1.29, 1.82) is 0 Å². The molecule has 2 amide bonds. The van der Waals surface area contributed by atoms with Crippen molar-refractivity contribution in [3.8, 4) is 0 Å². The lowest BCUT2D eigenvalue weighted by Crippen LogP contribution is -2.30. The number of benzene rings is 2. The molecule has 0 saturated heterocycles. The summed E-state index contributed by atoms with van der Waals surface area (Å²) in [5, 5.41) is 15.1. The van der Waals surface area contributed by atoms with E-state index < -0.39 is 34.2 Å². The quantitative estimate of drug-likeness (QED) is 0.639. The first-order valence-electron chi connectivity index (χ1n) is 6.85. The summed E-state index contributed by atoms with van der Waals surface area (Å²) >= 11 is 0. The Morgan fingerprint density at radius 3 is 1.76 bits per heavy atom. The number of halogens is 2. The summed E-state index contributed by atoms with van der Waals surface area (Å²) < 4.78 is 25.6. The molecule has 0 aliphatic carbocycles. The standard InChI is InChI=1S/C16H11F2N3O4/c17-12-5-1-10(2-6-12)15(22)19-9-14(21(24)25)20-16(23)11-3-7-13(18)8-4-11/h1-9H,(H,19,22)(H,20,23). The van der Waals surface area contributed by atoms with Crippen molar-refractivity contribution in [2.75, 3.05) is 0 Å². The maximum Gasteiger partial charge on any atom is 0.339 e. The molecule has 0 fully saturated rings. The first-order valence-corrected chi connectivity index (χ1v) is 6.85. The summed E-state index contributed by atoms with van der Waals surface area (Å²) in [5.41, 5.74) is 0.0734. The van der Waals surface area contributed by atoms with Crippen molar-refractivity contribution >= 4 is 11.8 Å². The van der Waals surface area contributed by atoms with Crippen LogP contribution in [0.25, 0.3) is 0 Å². The van der Waals surface area contributed by atoms with Crippen molar-refractivity contribution in [2.24, 2.45) is 0 Å². The van der Waals surface area contributed by atoms with E-state index >= 15 is 0 Å². The van der Waals surface area contributed by atoms with E-state index in [4.69, 9.17) is 0 Å². The molecule has 25 heavy (non-hydrogen) atoms. The zero-order chi connectivity index (χ0) is 18.4. The van der Waals surface area contributed by atoms with Gasteiger partial charge in [-0.3, -0.25) is 4.79 Å². The number of nitrogens with zero attached hydrogens (tertiary/aromatic N) is 1. The second kappa shape index (κ2) is 7.77. The number of hydrogen-bond acceptors (Lipinski definition) is 4. The Morgan fingerprint density at radius 1 is 0.880 bits per heavy atom. The Bertz CT molecular complexity index is 833. The fraction of sp³-hybridized carbons (Fsp3) is 0. The van der Waals surface area contributed by atoms with E-state index in [9.17, 15) is 28.5 Å². The number of amides is 2. The topological polar surface area (TPSA) is 101 Å². The average molecular weight is 347 g/mol. The molecule has 2 aromatic carbocycles. The third-order valence-electron chi connectivity index (χ3n) is 2.99. The van der Waals surface area contributed by atoms with E-state index in [0.717, 1.165) is 36.4 Å². The first kappa shape index (κ1) is 17.7. The molecular weight excluding hydrogens is 336 g/mol. The first-order chi connectivity index (χ1) is 11.9. The van der Waals surface area contributed by atoms with Crippen LogP contribution >= 0.6 is 0 Å². The van der Waals surface area contributed by atoms with Crippen LogP contribution in [0.1, 0.15) is 20.7 Å². The highest BCUT2D eigenvalue weighted by Gasteiger charge is 2.18. The molecule has 0 spiro atoms. The Hall–Kier alpha value is -3.62. The molecule has 7 nitrogen and oxygen atoms in total. The molecule has 0 unspecified atom stereocenters. The van der Waals surface area contributed by atoms with Gasteiger partial charge in [0.05, 0.1) is 11.8 Å². The van der Waals surface area contributed by atoms with Gasteiger partial charge in [0.25, 0.3) is 5.91 Å². The fourth-order valence-corrected chi connectivity index (χ4v) is 1.74. The molecule has 9 heteroatoms. The number of carbonyl (C=O) groups excluding carboxylic acids is 2. The van der Waals surface area contributed by atoms with Crippen LogP contribution < -0.4 is 10.6 Å². The van der Waals surface area contributed by atoms with Gasteiger partial charge in [0.2, 0.25) is 0 Å². The molecule has 128 valence electrons. The summed E-state index contributed by atoms with van der Waals surface area (Å²) in [6, 6.07) is 8.87. The zero-order valence-corrected chi connectivity index (χ0v) is 12.5. The van der Waals surface area contributed by atoms with Gasteiger partial charge < -0.3 is 15.4 Å². The summed E-state index contributed by atoms with van der Waals surface area (Å²) in [6.07, 6.45) is 0.702. The van der Waals surface area contributed by atoms with Gasteiger partial charge in [-0.15, -0.1) is 0 Å². The van der Waals surface area contributed by atoms with Gasteiger partial charge in [-0.2, -0.15) is 0 Å². The monoisotopic (exact) mass is 347 g/mol. The van der Waals surface area contributed by atoms with Gasteiger partial charge in [-0.25, -0.2) is 18.9 Å². The minimum atomic E-state index is -0.910. The van der Waals surface area contributed by atoms with Gasteiger partial charge >= 0.3 is 11.7 Å². The number of rotatable bonds is 5. The maximum absolute atomic E-state index is 12.8. The predicted molar refractivity (Wildman–Crippen MR) is 82.8 cm³/mol. The normalized spacial score (nSPS) is 10.9. The highest BCUT2D eigenvalue weighted by Crippen LogP contribution is 2.05. The summed E-state index contributed by atoms with van der Waals surface area (Å²) in [6.45, 7) is 0. The number of hydrogen-bond donors (Lipinski definition) is 2. The Morgan fingerprint density at radius 2 is 1.32 bits per heavy atom. The minimum Gasteiger partial charge on any atom is -0.358 e. The molecule has 0 aromatic heterocycles. The Labute approximate surface area is 140 Å². The lowest BCUT2D eigenvalue weighted by Gasteiger charge is -2.04. The summed E-state index contributed by atoms with van der Waals surface area (Å²) in [7, 11) is 0. The summed E-state index contributed by atoms with van der Waals surface area (Å²) in [5.74, 6) is -3.46. The van der Waals surface area contributed by atoms with Crippen LogP contribution in [0, 0.1) is 21.7 Å². The third-order valence-corrected chi connectivity index (χ3v) is 2.99. The highest BCUT2D eigenvalue weighted by atomic mass is 19.1. The third kappa shape index (κ3) is 4.93. The van der Waals surface area contributed by atoms with Crippen LogP contribution in [-0.4, -0.2) is 16.7 Å². The number of carbonyl (C=O) groups is 2. The molecule has 0 aliphatic heterocycles. The van der Waals surface area contributed by atoms with Gasteiger partial charge in [0.1, 0.15) is 11.6 Å². The van der Waals surface area contributed by atoms with Crippen LogP contribution in [-0.2, 0) is 0 Å². The average Bonchev–Trinajstić information content (AvgIpc) is 2.59. The van der Waals surface area contributed by atoms with Crippen LogP contribution in [0.3, 0.4) is 0 Å². The van der Waals surface area contributed by atoms with Crippen LogP contribution in [0.15, 0.2) is 60.6 Å². The van der Waals surface area contributed by atoms with E-state index in [0.29, 0.717) is 6.20 Å². The molecule has 0 saturated carbocycles. The van der Waals surface area contributed by atoms with Gasteiger partial charge in [0, 0.05) is 5.56 Å². The lowest BCUT2D eigenvalue weighted by atomic mass is 10.2. The van der Waals surface area contributed by atoms with Gasteiger partial charge in [-0.1, -0.05) is 0 Å². The molecule has 0 aliphatic rings. The van der Waals surface area contributed by atoms with E-state index in [1.807, 2.05) is 5.32 Å². The molecule has 0 radical (unpaired) electrons. The summed E-state index contributed by atoms with van der Waals surface area (Å²) in [4.78, 5) is 33.8. The van der Waals surface area contributed by atoms with E-state index in [1.54, 1.807) is 0 Å². The number of nitrogens with one attached hydrogen (secondary N) is 2.